The Balaban J connectivity index is 0.000000391. The van der Waals surface area contributed by atoms with Crippen molar-refractivity contribution >= 4 is 29.8 Å². The molecule has 9 unspecified atom stereocenters. The van der Waals surface area contributed by atoms with Gasteiger partial charge in [-0.1, -0.05) is 49.5 Å². The Morgan fingerprint density at radius 2 is 1.04 bits per heavy atom. The number of esters is 5. The van der Waals surface area contributed by atoms with Gasteiger partial charge >= 0.3 is 29.8 Å². The zero-order valence-electron chi connectivity index (χ0n) is 47.5. The van der Waals surface area contributed by atoms with E-state index in [0.717, 1.165) is 62.7 Å². The van der Waals surface area contributed by atoms with E-state index in [1.54, 1.807) is 6.92 Å². The minimum atomic E-state index is -0.441. The Hall–Kier alpha value is -2.77. The summed E-state index contributed by atoms with van der Waals surface area (Å²) in [6.07, 6.45) is 14.8. The van der Waals surface area contributed by atoms with E-state index < -0.39 is 27.9 Å². The lowest BCUT2D eigenvalue weighted by molar-refractivity contribution is -0.209. The zero-order valence-corrected chi connectivity index (χ0v) is 47.5. The van der Waals surface area contributed by atoms with E-state index in [2.05, 4.69) is 18.6 Å². The molecule has 426 valence electrons. The van der Waals surface area contributed by atoms with Gasteiger partial charge in [-0.25, -0.2) is 0 Å². The lowest BCUT2D eigenvalue weighted by Crippen LogP contribution is -2.58. The molecule has 8 fully saturated rings. The predicted molar refractivity (Wildman–Crippen MR) is 286 cm³/mol. The van der Waals surface area contributed by atoms with Crippen LogP contribution in [0.5, 0.6) is 0 Å². The van der Waals surface area contributed by atoms with Crippen LogP contribution in [-0.2, 0) is 61.9 Å². The number of rotatable bonds is 20. The second-order valence-electron chi connectivity index (χ2n) is 25.1. The van der Waals surface area contributed by atoms with Gasteiger partial charge in [-0.15, -0.1) is 0 Å². The molecule has 0 aromatic carbocycles. The molecule has 0 aromatic heterocycles. The van der Waals surface area contributed by atoms with Crippen LogP contribution in [0.25, 0.3) is 0 Å². The van der Waals surface area contributed by atoms with E-state index >= 15 is 0 Å². The highest BCUT2D eigenvalue weighted by Gasteiger charge is 2.67. The van der Waals surface area contributed by atoms with Gasteiger partial charge in [0.05, 0.1) is 34.2 Å². The molecule has 0 N–H and O–H groups in total. The summed E-state index contributed by atoms with van der Waals surface area (Å²) in [6, 6.07) is 0. The largest absolute Gasteiger partial charge is 0.462 e. The molecule has 8 saturated carbocycles. The maximum Gasteiger partial charge on any atom is 0.313 e. The van der Waals surface area contributed by atoms with Crippen LogP contribution in [0.1, 0.15) is 216 Å². The quantitative estimate of drug-likeness (QED) is 0.0373. The molecule has 0 aromatic rings. The Kier molecular flexibility index (Phi) is 25.5. The molecule has 0 spiro atoms. The van der Waals surface area contributed by atoms with E-state index in [-0.39, 0.29) is 75.9 Å². The van der Waals surface area contributed by atoms with Crippen molar-refractivity contribution in [2.24, 2.45) is 86.8 Å². The molecule has 8 bridgehead atoms. The third-order valence-corrected chi connectivity index (χ3v) is 18.7. The molecule has 0 heterocycles. The second kappa shape index (κ2) is 28.0. The Labute approximate surface area is 444 Å². The van der Waals surface area contributed by atoms with Gasteiger partial charge < -0.3 is 37.9 Å². The number of hydrogen-bond acceptors (Lipinski definition) is 13. The molecule has 0 radical (unpaired) electrons. The normalized spacial score (nSPS) is 31.3. The summed E-state index contributed by atoms with van der Waals surface area (Å²) in [5, 5.41) is 0. The molecule has 0 saturated heterocycles. The van der Waals surface area contributed by atoms with Crippen LogP contribution in [0.15, 0.2) is 0 Å². The van der Waals surface area contributed by atoms with E-state index in [9.17, 15) is 24.0 Å². The van der Waals surface area contributed by atoms with Crippen LogP contribution in [0.3, 0.4) is 0 Å². The highest BCUT2D eigenvalue weighted by atomic mass is 16.7. The smallest absolute Gasteiger partial charge is 0.313 e. The fraction of sp³-hybridized carbons (Fsp3) is 0.917. The van der Waals surface area contributed by atoms with Gasteiger partial charge in [0.2, 0.25) is 0 Å². The van der Waals surface area contributed by atoms with Crippen LogP contribution < -0.4 is 0 Å². The summed E-state index contributed by atoms with van der Waals surface area (Å²) in [5.74, 6) is 6.21. The average molecular weight is 1040 g/mol. The minimum absolute atomic E-state index is 0. The van der Waals surface area contributed by atoms with E-state index in [0.29, 0.717) is 54.6 Å². The Morgan fingerprint density at radius 3 is 1.52 bits per heavy atom. The average Bonchev–Trinajstić information content (AvgIpc) is 4.13. The first-order valence-corrected chi connectivity index (χ1v) is 27.9. The number of methoxy groups -OCH3 is 1. The number of fused-ring (bicyclic) bond motifs is 9. The SMILES string of the molecule is C.C.CCC(C)(C)C(=O)OC1CC2CC1C1C3CC(CC3C(=O)OC3(C)C4CC5CC(C4)CC3C5)C21.CCC(C)(C)C(=O)OCOC.CCCOCOC(=O)C(C)(C)CC.CCOC(C)OC(=O)C(C)(C)CC. The maximum atomic E-state index is 13.7. The van der Waals surface area contributed by atoms with E-state index in [1.807, 2.05) is 90.0 Å². The van der Waals surface area contributed by atoms with Gasteiger partial charge in [-0.05, 0) is 225 Å². The van der Waals surface area contributed by atoms with Crippen LogP contribution in [0.4, 0.5) is 0 Å². The number of hydrogen-bond donors (Lipinski definition) is 0. The molecular weight excluding hydrogens is 929 g/mol. The Morgan fingerprint density at radius 1 is 0.575 bits per heavy atom. The maximum absolute atomic E-state index is 13.7. The van der Waals surface area contributed by atoms with Crippen LogP contribution >= 0.6 is 0 Å². The molecule has 73 heavy (non-hydrogen) atoms. The molecule has 8 aliphatic rings. The van der Waals surface area contributed by atoms with Gasteiger partial charge in [0.25, 0.3) is 0 Å². The molecule has 0 aliphatic heterocycles. The first kappa shape index (κ1) is 66.3. The highest BCUT2D eigenvalue weighted by molar-refractivity contribution is 5.77. The molecule has 0 amide bonds. The van der Waals surface area contributed by atoms with Gasteiger partial charge in [0.15, 0.2) is 19.9 Å². The third kappa shape index (κ3) is 16.1. The molecule has 13 heteroatoms. The fourth-order valence-corrected chi connectivity index (χ4v) is 12.8. The lowest BCUT2D eigenvalue weighted by atomic mass is 9.50. The summed E-state index contributed by atoms with van der Waals surface area (Å²) in [7, 11) is 1.49. The number of carbonyl (C=O) groups is 5. The van der Waals surface area contributed by atoms with Gasteiger partial charge in [0, 0.05) is 13.7 Å². The predicted octanol–water partition coefficient (Wildman–Crippen LogP) is 13.6. The molecule has 8 aliphatic carbocycles. The monoisotopic (exact) mass is 1040 g/mol. The van der Waals surface area contributed by atoms with E-state index in [1.165, 1.54) is 52.1 Å². The fourth-order valence-electron chi connectivity index (χ4n) is 12.8. The second-order valence-corrected chi connectivity index (χ2v) is 25.1. The lowest BCUT2D eigenvalue weighted by Gasteiger charge is -2.59. The number of ether oxygens (including phenoxy) is 8. The summed E-state index contributed by atoms with van der Waals surface area (Å²) in [6.45, 7) is 32.3. The van der Waals surface area contributed by atoms with Crippen molar-refractivity contribution in [3.63, 3.8) is 0 Å². The van der Waals surface area contributed by atoms with Crippen LogP contribution in [0, 0.1) is 86.8 Å². The first-order valence-electron chi connectivity index (χ1n) is 27.9. The van der Waals surface area contributed by atoms with Gasteiger partial charge in [0.1, 0.15) is 11.7 Å². The standard InChI is InChI=1S/C30H44O4.2C10H20O3.C8H16O3.2CH4/c1-5-29(2,3)28(32)33-24-14-18-13-23(24)26-21-11-17(25(18)26)12-22(21)27(31)34-30(4)19-7-15-6-16(9-19)10-20(30)8-15;1-6-10(4,5)9(11)13-8(3)12-7-2;1-5-7-12-8-13-9(11)10(3,4)6-2;1-5-8(2,3)7(9)11-6-10-4;;/h15-26H,5-14H2,1-4H3;8H,6-7H2,1-5H3;5-8H2,1-4H3;5-6H2,1-4H3;2*1H4. The summed E-state index contributed by atoms with van der Waals surface area (Å²) >= 11 is 0. The van der Waals surface area contributed by atoms with E-state index in [4.69, 9.17) is 33.2 Å². The van der Waals surface area contributed by atoms with Gasteiger partial charge in [-0.3, -0.25) is 24.0 Å². The first-order chi connectivity index (χ1) is 33.2. The van der Waals surface area contributed by atoms with Crippen LogP contribution in [-0.4, -0.2) is 81.8 Å². The van der Waals surface area contributed by atoms with Crippen molar-refractivity contribution in [2.45, 2.75) is 234 Å². The van der Waals surface area contributed by atoms with Crippen molar-refractivity contribution in [3.8, 4) is 0 Å². The van der Waals surface area contributed by atoms with Crippen LogP contribution in [0.2, 0.25) is 0 Å². The third-order valence-electron chi connectivity index (χ3n) is 18.7. The Bertz CT molecular complexity index is 1720. The molecule has 8 rings (SSSR count). The van der Waals surface area contributed by atoms with Crippen molar-refractivity contribution in [1.29, 1.82) is 0 Å². The summed E-state index contributed by atoms with van der Waals surface area (Å²) in [5.41, 5.74) is -1.82. The highest BCUT2D eigenvalue weighted by Crippen LogP contribution is 2.70. The molecule has 13 nitrogen and oxygen atoms in total. The number of carbonyl (C=O) groups excluding carboxylic acids is 5. The summed E-state index contributed by atoms with van der Waals surface area (Å²) in [4.78, 5) is 60.6. The van der Waals surface area contributed by atoms with Gasteiger partial charge in [-0.2, -0.15) is 0 Å². The molecule has 9 atom stereocenters. The van der Waals surface area contributed by atoms with Crippen molar-refractivity contribution < 1.29 is 61.9 Å². The zero-order chi connectivity index (χ0) is 53.3. The topological polar surface area (TPSA) is 159 Å². The van der Waals surface area contributed by atoms with Crippen molar-refractivity contribution in [3.05, 3.63) is 0 Å². The van der Waals surface area contributed by atoms with Crippen molar-refractivity contribution in [2.75, 3.05) is 33.9 Å². The minimum Gasteiger partial charge on any atom is -0.462 e. The summed E-state index contributed by atoms with van der Waals surface area (Å²) < 4.78 is 42.3. The molecular formula is C60H108O13. The van der Waals surface area contributed by atoms with Crippen molar-refractivity contribution in [1.82, 2.24) is 0 Å².